The Hall–Kier alpha value is -3.36. The smallest absolute Gasteiger partial charge is 0.408 e. The van der Waals surface area contributed by atoms with Gasteiger partial charge in [-0.25, -0.2) is 14.6 Å². The standard InChI is InChI=1S/C19H21N5O4/c1-11-20-14(9-17(25)21-11)12-4-3-7-24(10-12)18(26)22-13-5-6-15-16(8-13)28-19(27)23(15)2/h5-6,8-9,12H,3-4,7,10H2,1-2H3,(H,22,26)(H,20,21,25)/t12-/m0/s1. The predicted molar refractivity (Wildman–Crippen MR) is 104 cm³/mol. The molecular weight excluding hydrogens is 362 g/mol. The molecule has 2 N–H and O–H groups in total. The van der Waals surface area contributed by atoms with Gasteiger partial charge in [0, 0.05) is 43.9 Å². The number of aromatic nitrogens is 3. The maximum absolute atomic E-state index is 12.7. The first-order valence-corrected chi connectivity index (χ1v) is 9.14. The molecule has 3 heterocycles. The number of aryl methyl sites for hydroxylation is 2. The van der Waals surface area contributed by atoms with Crippen molar-refractivity contribution in [1.29, 1.82) is 0 Å². The summed E-state index contributed by atoms with van der Waals surface area (Å²) < 4.78 is 6.57. The lowest BCUT2D eigenvalue weighted by molar-refractivity contribution is 0.192. The third-order valence-corrected chi connectivity index (χ3v) is 5.05. The molecule has 9 heteroatoms. The number of carbonyl (C=O) groups is 1. The minimum absolute atomic E-state index is 0.0233. The van der Waals surface area contributed by atoms with Gasteiger partial charge >= 0.3 is 11.8 Å². The van der Waals surface area contributed by atoms with E-state index in [0.29, 0.717) is 41.4 Å². The van der Waals surface area contributed by atoms with E-state index >= 15 is 0 Å². The number of H-pyrrole nitrogens is 1. The molecule has 3 aromatic rings. The molecule has 1 fully saturated rings. The predicted octanol–water partition coefficient (Wildman–Crippen LogP) is 1.93. The number of carbonyl (C=O) groups excluding carboxylic acids is 1. The summed E-state index contributed by atoms with van der Waals surface area (Å²) in [4.78, 5) is 44.8. The van der Waals surface area contributed by atoms with Crippen molar-refractivity contribution >= 4 is 22.8 Å². The minimum Gasteiger partial charge on any atom is -0.408 e. The van der Waals surface area contributed by atoms with Gasteiger partial charge in [0.2, 0.25) is 0 Å². The fraction of sp³-hybridized carbons (Fsp3) is 0.368. The summed E-state index contributed by atoms with van der Waals surface area (Å²) in [7, 11) is 1.63. The van der Waals surface area contributed by atoms with Gasteiger partial charge in [-0.3, -0.25) is 9.36 Å². The van der Waals surface area contributed by atoms with Crippen LogP contribution in [0.25, 0.3) is 11.1 Å². The number of nitrogens with one attached hydrogen (secondary N) is 2. The SMILES string of the molecule is Cc1nc([C@H]2CCCN(C(=O)Nc3ccc4c(c3)oc(=O)n4C)C2)cc(=O)[nH]1. The summed E-state index contributed by atoms with van der Waals surface area (Å²) in [6, 6.07) is 6.38. The Morgan fingerprint density at radius 1 is 1.32 bits per heavy atom. The number of rotatable bonds is 2. The van der Waals surface area contributed by atoms with Crippen LogP contribution in [-0.4, -0.2) is 38.6 Å². The average Bonchev–Trinajstić information content (AvgIpc) is 2.94. The molecule has 2 amide bonds. The van der Waals surface area contributed by atoms with Gasteiger partial charge in [-0.2, -0.15) is 0 Å². The molecule has 146 valence electrons. The number of aromatic amines is 1. The third kappa shape index (κ3) is 3.42. The van der Waals surface area contributed by atoms with Crippen LogP contribution in [0.3, 0.4) is 0 Å². The molecule has 1 aliphatic rings. The zero-order valence-electron chi connectivity index (χ0n) is 15.7. The van der Waals surface area contributed by atoms with Crippen LogP contribution < -0.4 is 16.6 Å². The lowest BCUT2D eigenvalue weighted by atomic mass is 9.94. The first-order chi connectivity index (χ1) is 13.4. The number of hydrogen-bond donors (Lipinski definition) is 2. The van der Waals surface area contributed by atoms with E-state index in [1.807, 2.05) is 0 Å². The van der Waals surface area contributed by atoms with Gasteiger partial charge in [-0.1, -0.05) is 0 Å². The Kier molecular flexibility index (Phi) is 4.50. The highest BCUT2D eigenvalue weighted by molar-refractivity contribution is 5.91. The molecule has 2 aromatic heterocycles. The molecule has 4 rings (SSSR count). The molecule has 28 heavy (non-hydrogen) atoms. The second kappa shape index (κ2) is 6.99. The summed E-state index contributed by atoms with van der Waals surface area (Å²) in [5.41, 5.74) is 2.17. The van der Waals surface area contributed by atoms with E-state index in [9.17, 15) is 14.4 Å². The van der Waals surface area contributed by atoms with Crippen molar-refractivity contribution in [3.63, 3.8) is 0 Å². The van der Waals surface area contributed by atoms with Gasteiger partial charge in [0.25, 0.3) is 5.56 Å². The van der Waals surface area contributed by atoms with Crippen LogP contribution in [0, 0.1) is 6.92 Å². The molecule has 9 nitrogen and oxygen atoms in total. The Bertz CT molecular complexity index is 1160. The highest BCUT2D eigenvalue weighted by Gasteiger charge is 2.26. The molecule has 0 spiro atoms. The zero-order valence-corrected chi connectivity index (χ0v) is 15.7. The molecular formula is C19H21N5O4. The molecule has 0 aliphatic carbocycles. The number of likely N-dealkylation sites (tertiary alicyclic amines) is 1. The van der Waals surface area contributed by atoms with E-state index in [-0.39, 0.29) is 17.5 Å². The average molecular weight is 383 g/mol. The summed E-state index contributed by atoms with van der Waals surface area (Å²) in [5.74, 6) is 0.148. The normalized spacial score (nSPS) is 17.1. The first-order valence-electron chi connectivity index (χ1n) is 9.14. The molecule has 1 atom stereocenters. The number of oxazole rings is 1. The summed E-state index contributed by atoms with van der Waals surface area (Å²) >= 11 is 0. The van der Waals surface area contributed by atoms with Crippen LogP contribution in [0.4, 0.5) is 10.5 Å². The van der Waals surface area contributed by atoms with Crippen LogP contribution in [0.1, 0.15) is 30.3 Å². The maximum atomic E-state index is 12.7. The van der Waals surface area contributed by atoms with Gasteiger partial charge in [0.15, 0.2) is 5.58 Å². The van der Waals surface area contributed by atoms with E-state index < -0.39 is 5.76 Å². The first kappa shape index (κ1) is 18.0. The van der Waals surface area contributed by atoms with Crippen LogP contribution in [0.2, 0.25) is 0 Å². The van der Waals surface area contributed by atoms with E-state index in [4.69, 9.17) is 4.42 Å². The van der Waals surface area contributed by atoms with Crippen molar-refractivity contribution in [2.75, 3.05) is 18.4 Å². The number of urea groups is 1. The minimum atomic E-state index is -0.446. The maximum Gasteiger partial charge on any atom is 0.419 e. The number of amides is 2. The number of fused-ring (bicyclic) bond motifs is 1. The highest BCUT2D eigenvalue weighted by Crippen LogP contribution is 2.26. The zero-order chi connectivity index (χ0) is 19.8. The van der Waals surface area contributed by atoms with E-state index in [1.54, 1.807) is 37.1 Å². The summed E-state index contributed by atoms with van der Waals surface area (Å²) in [5, 5.41) is 2.85. The molecule has 0 saturated carbocycles. The van der Waals surface area contributed by atoms with Gasteiger partial charge < -0.3 is 19.6 Å². The van der Waals surface area contributed by atoms with Crippen LogP contribution in [0.15, 0.2) is 38.3 Å². The lowest BCUT2D eigenvalue weighted by Gasteiger charge is -2.32. The number of hydrogen-bond acceptors (Lipinski definition) is 5. The van der Waals surface area contributed by atoms with Crippen molar-refractivity contribution < 1.29 is 9.21 Å². The largest absolute Gasteiger partial charge is 0.419 e. The monoisotopic (exact) mass is 383 g/mol. The fourth-order valence-corrected chi connectivity index (χ4v) is 3.63. The summed E-state index contributed by atoms with van der Waals surface area (Å²) in [6.45, 7) is 2.87. The highest BCUT2D eigenvalue weighted by atomic mass is 16.4. The van der Waals surface area contributed by atoms with Gasteiger partial charge in [-0.05, 0) is 31.9 Å². The van der Waals surface area contributed by atoms with Gasteiger partial charge in [0.1, 0.15) is 5.82 Å². The molecule has 0 unspecified atom stereocenters. The van der Waals surface area contributed by atoms with Gasteiger partial charge in [0.05, 0.1) is 11.2 Å². The number of benzene rings is 1. The van der Waals surface area contributed by atoms with Crippen molar-refractivity contribution in [3.8, 4) is 0 Å². The van der Waals surface area contributed by atoms with E-state index in [2.05, 4.69) is 15.3 Å². The molecule has 0 bridgehead atoms. The van der Waals surface area contributed by atoms with Crippen molar-refractivity contribution in [3.05, 3.63) is 56.7 Å². The van der Waals surface area contributed by atoms with Crippen LogP contribution in [0.5, 0.6) is 0 Å². The number of piperidine rings is 1. The Balaban J connectivity index is 1.50. The molecule has 1 aliphatic heterocycles. The number of nitrogens with zero attached hydrogens (tertiary/aromatic N) is 3. The van der Waals surface area contributed by atoms with Gasteiger partial charge in [-0.15, -0.1) is 0 Å². The third-order valence-electron chi connectivity index (χ3n) is 5.05. The molecule has 1 aromatic carbocycles. The Labute approximate surface area is 160 Å². The Morgan fingerprint density at radius 2 is 2.14 bits per heavy atom. The Morgan fingerprint density at radius 3 is 2.93 bits per heavy atom. The topological polar surface area (TPSA) is 113 Å². The van der Waals surface area contributed by atoms with Crippen molar-refractivity contribution in [2.24, 2.45) is 7.05 Å². The van der Waals surface area contributed by atoms with E-state index in [1.165, 1.54) is 10.6 Å². The van der Waals surface area contributed by atoms with Crippen LogP contribution >= 0.6 is 0 Å². The second-order valence-corrected chi connectivity index (χ2v) is 7.08. The quantitative estimate of drug-likeness (QED) is 0.702. The van der Waals surface area contributed by atoms with Crippen molar-refractivity contribution in [2.45, 2.75) is 25.7 Å². The number of anilines is 1. The molecule has 1 saturated heterocycles. The van der Waals surface area contributed by atoms with Crippen molar-refractivity contribution in [1.82, 2.24) is 19.4 Å². The van der Waals surface area contributed by atoms with E-state index in [0.717, 1.165) is 12.8 Å². The lowest BCUT2D eigenvalue weighted by Crippen LogP contribution is -2.42. The molecule has 0 radical (unpaired) electrons. The van der Waals surface area contributed by atoms with Crippen LogP contribution in [-0.2, 0) is 7.05 Å². The fourth-order valence-electron chi connectivity index (χ4n) is 3.63. The second-order valence-electron chi connectivity index (χ2n) is 7.08. The summed E-state index contributed by atoms with van der Waals surface area (Å²) in [6.07, 6.45) is 1.71.